The highest BCUT2D eigenvalue weighted by Crippen LogP contribution is 2.34. The molecule has 2 aromatic carbocycles. The Labute approximate surface area is 295 Å². The van der Waals surface area contributed by atoms with Crippen molar-refractivity contribution < 1.29 is 36.4 Å². The maximum Gasteiger partial charge on any atom is 0.269 e. The number of aromatic nitrogens is 2. The summed E-state index contributed by atoms with van der Waals surface area (Å²) in [4.78, 5) is 34.8. The molecule has 0 amide bonds. The number of hydrogen-bond acceptors (Lipinski definition) is 7. The maximum atomic E-state index is 14.8. The predicted octanol–water partition coefficient (Wildman–Crippen LogP) is 7.46. The van der Waals surface area contributed by atoms with Gasteiger partial charge in [-0.2, -0.15) is 10.1 Å². The van der Waals surface area contributed by atoms with Gasteiger partial charge in [0.1, 0.15) is 44.9 Å². The maximum absolute atomic E-state index is 14.8. The van der Waals surface area contributed by atoms with Gasteiger partial charge in [-0.05, 0) is 44.0 Å². The van der Waals surface area contributed by atoms with E-state index in [1.807, 2.05) is 0 Å². The highest BCUT2D eigenvalue weighted by molar-refractivity contribution is 6.30. The van der Waals surface area contributed by atoms with Gasteiger partial charge in [0.2, 0.25) is 0 Å². The van der Waals surface area contributed by atoms with Crippen molar-refractivity contribution in [3.05, 3.63) is 107 Å². The third kappa shape index (κ3) is 9.11. The number of halogens is 7. The largest absolute Gasteiger partial charge is 0.494 e. The van der Waals surface area contributed by atoms with Crippen LogP contribution in [0.4, 0.5) is 22.0 Å². The molecule has 2 aromatic heterocycles. The molecule has 50 heavy (non-hydrogen) atoms. The third-order valence-corrected chi connectivity index (χ3v) is 8.04. The fraction of sp³-hybridized carbons (Fsp3) is 0.353. The van der Waals surface area contributed by atoms with Crippen LogP contribution in [-0.4, -0.2) is 54.2 Å². The lowest BCUT2D eigenvalue weighted by molar-refractivity contribution is -0.116. The van der Waals surface area contributed by atoms with E-state index in [0.717, 1.165) is 16.7 Å². The molecule has 0 bridgehead atoms. The van der Waals surface area contributed by atoms with Crippen LogP contribution in [0.2, 0.25) is 10.0 Å². The van der Waals surface area contributed by atoms with Crippen LogP contribution >= 0.6 is 23.2 Å². The molecule has 4 aromatic rings. The van der Waals surface area contributed by atoms with Gasteiger partial charge in [-0.1, -0.05) is 23.2 Å². The minimum Gasteiger partial charge on any atom is -0.494 e. The number of nitrogens with zero attached hydrogens (tertiary/aromatic N) is 4. The van der Waals surface area contributed by atoms with Gasteiger partial charge in [-0.15, -0.1) is 0 Å². The van der Waals surface area contributed by atoms with Gasteiger partial charge in [-0.25, -0.2) is 22.0 Å². The van der Waals surface area contributed by atoms with Crippen molar-refractivity contribution in [1.82, 2.24) is 19.3 Å². The molecule has 272 valence electrons. The fourth-order valence-electron chi connectivity index (χ4n) is 5.21. The molecule has 0 saturated heterocycles. The molecule has 0 radical (unpaired) electrons. The Kier molecular flexibility index (Phi) is 14.6. The first-order chi connectivity index (χ1) is 23.6. The van der Waals surface area contributed by atoms with Gasteiger partial charge >= 0.3 is 0 Å². The van der Waals surface area contributed by atoms with Gasteiger partial charge in [-0.3, -0.25) is 9.59 Å². The summed E-state index contributed by atoms with van der Waals surface area (Å²) in [7, 11) is 6.16. The van der Waals surface area contributed by atoms with Crippen molar-refractivity contribution >= 4 is 23.2 Å². The second kappa shape index (κ2) is 17.9. The summed E-state index contributed by atoms with van der Waals surface area (Å²) in [6.45, 7) is 5.97. The van der Waals surface area contributed by atoms with E-state index in [1.165, 1.54) is 41.0 Å². The number of ether oxygens (including phenoxy) is 1. The molecule has 9 nitrogen and oxygen atoms in total. The molecule has 2 heterocycles. The van der Waals surface area contributed by atoms with E-state index in [0.29, 0.717) is 23.3 Å². The van der Waals surface area contributed by atoms with Gasteiger partial charge in [0.25, 0.3) is 11.1 Å². The van der Waals surface area contributed by atoms with Crippen molar-refractivity contribution in [3.63, 3.8) is 0 Å². The minimum absolute atomic E-state index is 0.00537. The SMILES string of the molecule is CCOc1cc(F)c(-c2c(CN(C)OC)cc(Cl)c(=O)n2CC)c(F)c1.CCn1c(-c2c(F)cc(F)cc2F)c(CN(C)OC)cc(Cl)c1=O. The lowest BCUT2D eigenvalue weighted by Crippen LogP contribution is -2.26. The van der Waals surface area contributed by atoms with E-state index in [-0.39, 0.29) is 65.5 Å². The minimum atomic E-state index is -1.10. The average molecular weight is 748 g/mol. The van der Waals surface area contributed by atoms with E-state index in [1.54, 1.807) is 34.9 Å². The molecule has 0 saturated carbocycles. The molecule has 0 fully saturated rings. The number of pyridine rings is 2. The van der Waals surface area contributed by atoms with E-state index in [4.69, 9.17) is 37.6 Å². The first kappa shape index (κ1) is 40.6. The van der Waals surface area contributed by atoms with Crippen molar-refractivity contribution in [2.24, 2.45) is 0 Å². The quantitative estimate of drug-likeness (QED) is 0.110. The van der Waals surface area contributed by atoms with E-state index >= 15 is 0 Å². The Morgan fingerprint density at radius 2 is 1.00 bits per heavy atom. The van der Waals surface area contributed by atoms with Crippen molar-refractivity contribution in [3.8, 4) is 28.3 Å². The van der Waals surface area contributed by atoms with Crippen LogP contribution < -0.4 is 15.9 Å². The molecular weight excluding hydrogens is 710 g/mol. The number of rotatable bonds is 12. The third-order valence-electron chi connectivity index (χ3n) is 7.50. The summed E-state index contributed by atoms with van der Waals surface area (Å²) >= 11 is 12.0. The summed E-state index contributed by atoms with van der Waals surface area (Å²) in [6.07, 6.45) is 0. The van der Waals surface area contributed by atoms with Gasteiger partial charge in [0, 0.05) is 51.5 Å². The highest BCUT2D eigenvalue weighted by Gasteiger charge is 2.24. The predicted molar refractivity (Wildman–Crippen MR) is 182 cm³/mol. The zero-order chi connectivity index (χ0) is 37.4. The van der Waals surface area contributed by atoms with Gasteiger partial charge < -0.3 is 23.5 Å². The molecule has 0 atom stereocenters. The summed E-state index contributed by atoms with van der Waals surface area (Å²) < 4.78 is 78.8. The van der Waals surface area contributed by atoms with E-state index in [2.05, 4.69) is 0 Å². The summed E-state index contributed by atoms with van der Waals surface area (Å²) in [5, 5.41) is 2.76. The second-order valence-electron chi connectivity index (χ2n) is 10.7. The van der Waals surface area contributed by atoms with E-state index < -0.39 is 45.8 Å². The summed E-state index contributed by atoms with van der Waals surface area (Å²) in [6, 6.07) is 6.09. The Bertz CT molecular complexity index is 1910. The Balaban J connectivity index is 0.000000271. The van der Waals surface area contributed by atoms with Gasteiger partial charge in [0.15, 0.2) is 0 Å². The number of benzene rings is 2. The summed E-state index contributed by atoms with van der Waals surface area (Å²) in [5.41, 5.74) is -0.913. The van der Waals surface area contributed by atoms with Crippen molar-refractivity contribution in [1.29, 1.82) is 0 Å². The smallest absolute Gasteiger partial charge is 0.269 e. The first-order valence-electron chi connectivity index (χ1n) is 15.3. The average Bonchev–Trinajstić information content (AvgIpc) is 3.05. The van der Waals surface area contributed by atoms with Crippen LogP contribution in [0.15, 0.2) is 46.0 Å². The topological polar surface area (TPSA) is 78.2 Å². The van der Waals surface area contributed by atoms with Crippen LogP contribution in [0.3, 0.4) is 0 Å². The lowest BCUT2D eigenvalue weighted by Gasteiger charge is -2.21. The van der Waals surface area contributed by atoms with E-state index in [9.17, 15) is 31.5 Å². The summed E-state index contributed by atoms with van der Waals surface area (Å²) in [5.74, 6) is -4.79. The molecule has 0 spiro atoms. The highest BCUT2D eigenvalue weighted by atomic mass is 35.5. The molecule has 4 rings (SSSR count). The van der Waals surface area contributed by atoms with Crippen molar-refractivity contribution in [2.75, 3.05) is 34.9 Å². The molecular formula is C34H37Cl2F5N4O5. The molecule has 0 N–H and O–H groups in total. The lowest BCUT2D eigenvalue weighted by atomic mass is 10.0. The van der Waals surface area contributed by atoms with Crippen LogP contribution in [0, 0.1) is 29.1 Å². The molecule has 0 unspecified atom stereocenters. The number of hydrogen-bond donors (Lipinski definition) is 0. The Hall–Kier alpha value is -3.79. The van der Waals surface area contributed by atoms with Crippen molar-refractivity contribution in [2.45, 2.75) is 47.0 Å². The molecule has 0 aliphatic heterocycles. The zero-order valence-corrected chi connectivity index (χ0v) is 30.0. The fourth-order valence-corrected chi connectivity index (χ4v) is 5.68. The Morgan fingerprint density at radius 3 is 1.32 bits per heavy atom. The zero-order valence-electron chi connectivity index (χ0n) is 28.5. The number of hydroxylamine groups is 4. The van der Waals surface area contributed by atoms with Gasteiger partial charge in [0.05, 0.1) is 56.4 Å². The monoisotopic (exact) mass is 746 g/mol. The first-order valence-corrected chi connectivity index (χ1v) is 16.0. The van der Waals surface area contributed by atoms with Crippen LogP contribution in [0.25, 0.3) is 22.5 Å². The molecule has 16 heteroatoms. The van der Waals surface area contributed by atoms with Crippen LogP contribution in [0.5, 0.6) is 5.75 Å². The second-order valence-corrected chi connectivity index (χ2v) is 11.5. The molecule has 0 aliphatic rings. The van der Waals surface area contributed by atoms with Crippen LogP contribution in [0.1, 0.15) is 31.9 Å². The normalized spacial score (nSPS) is 11.3. The van der Waals surface area contributed by atoms with Crippen LogP contribution in [-0.2, 0) is 35.9 Å². The molecule has 0 aliphatic carbocycles. The Morgan fingerprint density at radius 1 is 0.640 bits per heavy atom. The standard InChI is InChI=1S/C18H21ClF2N2O3.C16H16ClF3N2O2/c1-5-23-17(11(10-22(3)25-4)7-13(19)18(23)24)16-14(20)8-12(26-6-2)9-15(16)21;1-4-22-15(14-12(19)6-10(18)7-13(14)20)9(8-21(2)24-3)5-11(17)16(22)23/h7-9H,5-6,10H2,1-4H3;5-7H,4,8H2,1-3H3.